The Kier molecular flexibility index (Phi) is 13.6. The molecule has 2 N–H and O–H groups in total. The number of nitrogens with two attached hydrogens (primary N) is 1. The van der Waals surface area contributed by atoms with E-state index < -0.39 is 0 Å². The molecule has 7 nitrogen and oxygen atoms in total. The molecule has 0 amide bonds. The van der Waals surface area contributed by atoms with Gasteiger partial charge in [-0.05, 0) is 26.3 Å². The molecule has 23 heavy (non-hydrogen) atoms. The summed E-state index contributed by atoms with van der Waals surface area (Å²) in [6.07, 6.45) is 2.97. The predicted octanol–water partition coefficient (Wildman–Crippen LogP) is 2.38. The summed E-state index contributed by atoms with van der Waals surface area (Å²) in [5.74, 6) is 0.719. The molecule has 8 heteroatoms. The van der Waals surface area contributed by atoms with Crippen molar-refractivity contribution < 1.29 is 9.47 Å². The van der Waals surface area contributed by atoms with E-state index in [4.69, 9.17) is 15.2 Å². The lowest BCUT2D eigenvalue weighted by Crippen LogP contribution is -2.29. The average molecular weight is 390 g/mol. The molecule has 0 saturated heterocycles. The van der Waals surface area contributed by atoms with Gasteiger partial charge in [-0.2, -0.15) is 0 Å². The van der Waals surface area contributed by atoms with Crippen LogP contribution in [0.2, 0.25) is 0 Å². The van der Waals surface area contributed by atoms with Crippen LogP contribution in [0.3, 0.4) is 0 Å². The number of ether oxygens (including phenoxy) is 2. The van der Waals surface area contributed by atoms with Gasteiger partial charge >= 0.3 is 0 Å². The van der Waals surface area contributed by atoms with Gasteiger partial charge in [-0.25, -0.2) is 9.98 Å². The summed E-state index contributed by atoms with van der Waals surface area (Å²) >= 11 is 3.41. The third-order valence-electron chi connectivity index (χ3n) is 2.88. The molecule has 0 saturated carbocycles. The molecule has 0 radical (unpaired) electrons. The normalized spacial score (nSPS) is 12.7. The summed E-state index contributed by atoms with van der Waals surface area (Å²) in [4.78, 5) is 14.1. The van der Waals surface area contributed by atoms with Crippen molar-refractivity contribution in [1.29, 1.82) is 0 Å². The van der Waals surface area contributed by atoms with Gasteiger partial charge in [0.2, 0.25) is 0 Å². The maximum absolute atomic E-state index is 6.00. The SMILES string of the molecule is C=NC(=C(/N=C)N(CCCBr)COC)/C(N)=N\COCCCC. The van der Waals surface area contributed by atoms with Gasteiger partial charge in [0.15, 0.2) is 11.7 Å². The number of amidine groups is 1. The van der Waals surface area contributed by atoms with Gasteiger partial charge in [-0.3, -0.25) is 4.99 Å². The van der Waals surface area contributed by atoms with E-state index in [1.54, 1.807) is 7.11 Å². The molecular formula is C15H28BrN5O2. The number of aliphatic imine (C=N–C) groups is 3. The molecule has 0 aliphatic heterocycles. The first-order valence-electron chi connectivity index (χ1n) is 7.51. The van der Waals surface area contributed by atoms with Crippen LogP contribution in [0.1, 0.15) is 26.2 Å². The van der Waals surface area contributed by atoms with Crippen molar-refractivity contribution in [3.8, 4) is 0 Å². The Hall–Kier alpha value is -1.25. The second kappa shape index (κ2) is 14.3. The van der Waals surface area contributed by atoms with Crippen molar-refractivity contribution in [1.82, 2.24) is 4.90 Å². The van der Waals surface area contributed by atoms with Gasteiger partial charge in [-0.15, -0.1) is 0 Å². The monoisotopic (exact) mass is 389 g/mol. The van der Waals surface area contributed by atoms with Gasteiger partial charge in [0.25, 0.3) is 0 Å². The Labute approximate surface area is 147 Å². The van der Waals surface area contributed by atoms with Gasteiger partial charge in [0, 0.05) is 25.6 Å². The maximum atomic E-state index is 6.00. The predicted molar refractivity (Wildman–Crippen MR) is 100 cm³/mol. The molecular weight excluding hydrogens is 362 g/mol. The third kappa shape index (κ3) is 8.83. The van der Waals surface area contributed by atoms with Crippen LogP contribution in [0.15, 0.2) is 26.5 Å². The number of methoxy groups -OCH3 is 1. The number of rotatable bonds is 14. The summed E-state index contributed by atoms with van der Waals surface area (Å²) in [5.41, 5.74) is 6.38. The van der Waals surface area contributed by atoms with E-state index in [1.807, 2.05) is 4.90 Å². The minimum Gasteiger partial charge on any atom is -0.382 e. The van der Waals surface area contributed by atoms with E-state index in [9.17, 15) is 0 Å². The standard InChI is InChI=1S/C15H28BrN5O2/c1-5-6-10-23-11-20-14(17)13(18-2)15(19-3)21(12-22-4)9-7-8-16/h2-3,5-12H2,1,4H3,(H2,17,20)/b15-13-. The van der Waals surface area contributed by atoms with Crippen molar-refractivity contribution in [2.45, 2.75) is 26.2 Å². The van der Waals surface area contributed by atoms with Crippen LogP contribution >= 0.6 is 15.9 Å². The lowest BCUT2D eigenvalue weighted by atomic mass is 10.3. The lowest BCUT2D eigenvalue weighted by Gasteiger charge is -2.24. The fourth-order valence-corrected chi connectivity index (χ4v) is 1.98. The molecule has 0 fully saturated rings. The summed E-state index contributed by atoms with van der Waals surface area (Å²) in [6.45, 7) is 11.2. The highest BCUT2D eigenvalue weighted by molar-refractivity contribution is 9.09. The first-order chi connectivity index (χ1) is 11.2. The molecule has 0 aliphatic carbocycles. The molecule has 0 rings (SSSR count). The quantitative estimate of drug-likeness (QED) is 0.162. The molecule has 0 spiro atoms. The van der Waals surface area contributed by atoms with E-state index in [0.29, 0.717) is 31.4 Å². The highest BCUT2D eigenvalue weighted by Gasteiger charge is 2.15. The molecule has 0 unspecified atom stereocenters. The molecule has 0 atom stereocenters. The van der Waals surface area contributed by atoms with Crippen LogP contribution in [0, 0.1) is 0 Å². The Morgan fingerprint density at radius 2 is 2.00 bits per heavy atom. The average Bonchev–Trinajstić information content (AvgIpc) is 2.56. The zero-order chi connectivity index (χ0) is 17.5. The van der Waals surface area contributed by atoms with Crippen LogP contribution in [0.25, 0.3) is 0 Å². The van der Waals surface area contributed by atoms with Crippen molar-refractivity contribution in [2.24, 2.45) is 20.7 Å². The third-order valence-corrected chi connectivity index (χ3v) is 3.44. The van der Waals surface area contributed by atoms with E-state index >= 15 is 0 Å². The second-order valence-corrected chi connectivity index (χ2v) is 5.44. The van der Waals surface area contributed by atoms with Gasteiger partial charge in [0.05, 0.1) is 0 Å². The van der Waals surface area contributed by atoms with E-state index in [1.165, 1.54) is 0 Å². The number of alkyl halides is 1. The van der Waals surface area contributed by atoms with Crippen LogP contribution in [-0.2, 0) is 9.47 Å². The van der Waals surface area contributed by atoms with Gasteiger partial charge < -0.3 is 20.1 Å². The summed E-state index contributed by atoms with van der Waals surface area (Å²) in [6, 6.07) is 0. The fraction of sp³-hybridized carbons (Fsp3) is 0.667. The summed E-state index contributed by atoms with van der Waals surface area (Å²) in [5, 5.41) is 0.864. The van der Waals surface area contributed by atoms with Crippen molar-refractivity contribution in [2.75, 3.05) is 39.1 Å². The lowest BCUT2D eigenvalue weighted by molar-refractivity contribution is 0.0860. The Balaban J connectivity index is 5.15. The minimum atomic E-state index is 0.182. The highest BCUT2D eigenvalue weighted by atomic mass is 79.9. The van der Waals surface area contributed by atoms with Crippen LogP contribution in [0.5, 0.6) is 0 Å². The Morgan fingerprint density at radius 3 is 2.52 bits per heavy atom. The van der Waals surface area contributed by atoms with E-state index in [0.717, 1.165) is 24.6 Å². The van der Waals surface area contributed by atoms with Crippen LogP contribution in [0.4, 0.5) is 0 Å². The number of nitrogens with zero attached hydrogens (tertiary/aromatic N) is 4. The molecule has 0 aromatic rings. The number of halogens is 1. The molecule has 132 valence electrons. The van der Waals surface area contributed by atoms with Crippen molar-refractivity contribution >= 4 is 35.2 Å². The Bertz CT molecular complexity index is 413. The molecule has 0 bridgehead atoms. The topological polar surface area (TPSA) is 84.8 Å². The van der Waals surface area contributed by atoms with Crippen LogP contribution in [-0.4, -0.2) is 63.2 Å². The van der Waals surface area contributed by atoms with Crippen molar-refractivity contribution in [3.05, 3.63) is 11.5 Å². The summed E-state index contributed by atoms with van der Waals surface area (Å²) in [7, 11) is 1.61. The van der Waals surface area contributed by atoms with E-state index in [2.05, 4.69) is 51.3 Å². The first kappa shape index (κ1) is 21.8. The number of unbranched alkanes of at least 4 members (excludes halogenated alkanes) is 1. The van der Waals surface area contributed by atoms with Gasteiger partial charge in [-0.1, -0.05) is 29.3 Å². The zero-order valence-corrected chi connectivity index (χ0v) is 15.7. The number of hydrogen-bond acceptors (Lipinski definition) is 6. The summed E-state index contributed by atoms with van der Waals surface area (Å²) < 4.78 is 10.6. The smallest absolute Gasteiger partial charge is 0.159 e. The van der Waals surface area contributed by atoms with E-state index in [-0.39, 0.29) is 12.6 Å². The largest absolute Gasteiger partial charge is 0.382 e. The molecule has 0 aromatic heterocycles. The maximum Gasteiger partial charge on any atom is 0.159 e. The minimum absolute atomic E-state index is 0.182. The molecule has 0 aliphatic rings. The second-order valence-electron chi connectivity index (χ2n) is 4.65. The zero-order valence-electron chi connectivity index (χ0n) is 14.1. The highest BCUT2D eigenvalue weighted by Crippen LogP contribution is 2.14. The van der Waals surface area contributed by atoms with Crippen LogP contribution < -0.4 is 5.73 Å². The van der Waals surface area contributed by atoms with Gasteiger partial charge in [0.1, 0.15) is 19.2 Å². The fourth-order valence-electron chi connectivity index (χ4n) is 1.73. The number of hydrogen-bond donors (Lipinski definition) is 1. The molecule has 0 aromatic carbocycles. The Morgan fingerprint density at radius 1 is 1.26 bits per heavy atom. The van der Waals surface area contributed by atoms with Crippen molar-refractivity contribution in [3.63, 3.8) is 0 Å². The molecule has 0 heterocycles. The first-order valence-corrected chi connectivity index (χ1v) is 8.63.